The zero-order valence-corrected chi connectivity index (χ0v) is 8.35. The number of carbonyl (C=O) groups excluding carboxylic acids is 1. The molecule has 6 nitrogen and oxygen atoms in total. The van der Waals surface area contributed by atoms with Crippen LogP contribution in [-0.2, 0) is 19.1 Å². The normalized spacial score (nSPS) is 19.0. The highest BCUT2D eigenvalue weighted by molar-refractivity contribution is 5.85. The minimum Gasteiger partial charge on any atom is -0.480 e. The van der Waals surface area contributed by atoms with Crippen LogP contribution in [0.2, 0.25) is 0 Å². The van der Waals surface area contributed by atoms with Crippen LogP contribution in [-0.4, -0.2) is 42.4 Å². The van der Waals surface area contributed by atoms with Crippen LogP contribution in [0.3, 0.4) is 0 Å². The van der Waals surface area contributed by atoms with Crippen molar-refractivity contribution in [3.05, 3.63) is 0 Å². The average Bonchev–Trinajstić information content (AvgIpc) is 2.66. The number of nitrogens with two attached hydrogens (primary N) is 1. The number of Topliss-reactive ketones (excluding diaryl/α,β-unsaturated/α-hetero) is 1. The molecular weight excluding hydrogens is 202 g/mol. The van der Waals surface area contributed by atoms with Gasteiger partial charge in [-0.2, -0.15) is 0 Å². The minimum absolute atomic E-state index is 0.137. The summed E-state index contributed by atoms with van der Waals surface area (Å²) in [6, 6.07) is -1.11. The van der Waals surface area contributed by atoms with Gasteiger partial charge in [-0.1, -0.05) is 0 Å². The summed E-state index contributed by atoms with van der Waals surface area (Å²) < 4.78 is 10.3. The minimum atomic E-state index is -1.16. The maximum Gasteiger partial charge on any atom is 0.320 e. The van der Waals surface area contributed by atoms with E-state index in [0.717, 1.165) is 0 Å². The first-order valence-electron chi connectivity index (χ1n) is 4.83. The van der Waals surface area contributed by atoms with Gasteiger partial charge in [0.1, 0.15) is 11.8 Å². The van der Waals surface area contributed by atoms with Gasteiger partial charge in [0.05, 0.1) is 13.2 Å². The molecule has 0 saturated carbocycles. The second-order valence-electron chi connectivity index (χ2n) is 3.40. The van der Waals surface area contributed by atoms with Crippen molar-refractivity contribution in [1.29, 1.82) is 0 Å². The lowest BCUT2D eigenvalue weighted by molar-refractivity contribution is -0.140. The summed E-state index contributed by atoms with van der Waals surface area (Å²) in [5, 5.41) is 8.48. The number of carboxylic acids is 1. The number of ketones is 1. The molecule has 0 aromatic rings. The molecule has 6 heteroatoms. The molecule has 0 amide bonds. The third-order valence-corrected chi connectivity index (χ3v) is 2.11. The van der Waals surface area contributed by atoms with E-state index in [4.69, 9.17) is 20.3 Å². The van der Waals surface area contributed by atoms with E-state index < -0.39 is 12.0 Å². The molecule has 1 fully saturated rings. The lowest BCUT2D eigenvalue weighted by atomic mass is 10.1. The molecule has 0 bridgehead atoms. The number of carboxylic acid groups (broad SMARTS) is 1. The van der Waals surface area contributed by atoms with Crippen LogP contribution in [0.4, 0.5) is 0 Å². The van der Waals surface area contributed by atoms with Gasteiger partial charge in [-0.25, -0.2) is 0 Å². The first-order valence-corrected chi connectivity index (χ1v) is 4.83. The Morgan fingerprint density at radius 1 is 1.40 bits per heavy atom. The average molecular weight is 217 g/mol. The predicted molar refractivity (Wildman–Crippen MR) is 50.2 cm³/mol. The lowest BCUT2D eigenvalue weighted by Gasteiger charge is -2.09. The largest absolute Gasteiger partial charge is 0.480 e. The van der Waals surface area contributed by atoms with E-state index in [1.54, 1.807) is 0 Å². The fraction of sp³-hybridized carbons (Fsp3) is 0.778. The maximum absolute atomic E-state index is 11.3. The van der Waals surface area contributed by atoms with Gasteiger partial charge in [-0.15, -0.1) is 0 Å². The van der Waals surface area contributed by atoms with Gasteiger partial charge in [0.2, 0.25) is 0 Å². The van der Waals surface area contributed by atoms with E-state index in [1.807, 2.05) is 0 Å². The highest BCUT2D eigenvalue weighted by Crippen LogP contribution is 2.11. The Bertz CT molecular complexity index is 237. The van der Waals surface area contributed by atoms with Gasteiger partial charge in [0, 0.05) is 19.3 Å². The van der Waals surface area contributed by atoms with Crippen LogP contribution in [0.1, 0.15) is 19.3 Å². The number of ether oxygens (including phenoxy) is 2. The van der Waals surface area contributed by atoms with Crippen LogP contribution in [0.15, 0.2) is 0 Å². The SMILES string of the molecule is NC(CC(=O)CCC1OCCO1)C(=O)O. The topological polar surface area (TPSA) is 98.9 Å². The molecular formula is C9H15NO5. The molecule has 1 aliphatic rings. The highest BCUT2D eigenvalue weighted by Gasteiger charge is 2.20. The molecule has 0 aromatic heterocycles. The molecule has 1 saturated heterocycles. The summed E-state index contributed by atoms with van der Waals surface area (Å²) >= 11 is 0. The first kappa shape index (κ1) is 12.1. The first-order chi connectivity index (χ1) is 7.09. The van der Waals surface area contributed by atoms with E-state index in [1.165, 1.54) is 0 Å². The number of hydrogen-bond donors (Lipinski definition) is 2. The standard InChI is InChI=1S/C9H15NO5/c10-7(9(12)13)5-6(11)1-2-8-14-3-4-15-8/h7-8H,1-5,10H2,(H,12,13). The van der Waals surface area contributed by atoms with Gasteiger partial charge in [0.25, 0.3) is 0 Å². The molecule has 86 valence electrons. The zero-order valence-electron chi connectivity index (χ0n) is 8.35. The number of carbonyl (C=O) groups is 2. The zero-order chi connectivity index (χ0) is 11.3. The van der Waals surface area contributed by atoms with Crippen molar-refractivity contribution in [3.8, 4) is 0 Å². The molecule has 3 N–H and O–H groups in total. The van der Waals surface area contributed by atoms with E-state index in [0.29, 0.717) is 19.6 Å². The van der Waals surface area contributed by atoms with E-state index >= 15 is 0 Å². The van der Waals surface area contributed by atoms with E-state index in [-0.39, 0.29) is 24.9 Å². The fourth-order valence-electron chi connectivity index (χ4n) is 1.29. The van der Waals surface area contributed by atoms with Gasteiger partial charge in [0.15, 0.2) is 6.29 Å². The summed E-state index contributed by atoms with van der Waals surface area (Å²) in [7, 11) is 0. The van der Waals surface area contributed by atoms with Gasteiger partial charge >= 0.3 is 5.97 Å². The summed E-state index contributed by atoms with van der Waals surface area (Å²) in [6.45, 7) is 1.10. The highest BCUT2D eigenvalue weighted by atomic mass is 16.7. The summed E-state index contributed by atoms with van der Waals surface area (Å²) in [5.41, 5.74) is 5.22. The van der Waals surface area contributed by atoms with Crippen molar-refractivity contribution in [1.82, 2.24) is 0 Å². The van der Waals surface area contributed by atoms with Crippen LogP contribution >= 0.6 is 0 Å². The number of hydrogen-bond acceptors (Lipinski definition) is 5. The Labute approximate surface area is 87.3 Å². The second-order valence-corrected chi connectivity index (χ2v) is 3.40. The van der Waals surface area contributed by atoms with Crippen molar-refractivity contribution in [2.75, 3.05) is 13.2 Å². The molecule has 15 heavy (non-hydrogen) atoms. The molecule has 0 radical (unpaired) electrons. The monoisotopic (exact) mass is 217 g/mol. The summed E-state index contributed by atoms with van der Waals surface area (Å²) in [4.78, 5) is 21.6. The third-order valence-electron chi connectivity index (χ3n) is 2.11. The van der Waals surface area contributed by atoms with Crippen molar-refractivity contribution in [3.63, 3.8) is 0 Å². The Morgan fingerprint density at radius 3 is 2.53 bits per heavy atom. The van der Waals surface area contributed by atoms with E-state index in [2.05, 4.69) is 0 Å². The van der Waals surface area contributed by atoms with Crippen molar-refractivity contribution in [2.24, 2.45) is 5.73 Å². The fourth-order valence-corrected chi connectivity index (χ4v) is 1.29. The van der Waals surface area contributed by atoms with Crippen LogP contribution in [0.25, 0.3) is 0 Å². The van der Waals surface area contributed by atoms with E-state index in [9.17, 15) is 9.59 Å². The maximum atomic E-state index is 11.3. The molecule has 0 aromatic carbocycles. The van der Waals surface area contributed by atoms with Crippen LogP contribution < -0.4 is 5.73 Å². The van der Waals surface area contributed by atoms with Gasteiger partial charge in [-0.05, 0) is 0 Å². The molecule has 1 atom stereocenters. The lowest BCUT2D eigenvalue weighted by Crippen LogP contribution is -2.32. The second kappa shape index (κ2) is 5.79. The van der Waals surface area contributed by atoms with Crippen LogP contribution in [0, 0.1) is 0 Å². The molecule has 1 unspecified atom stereocenters. The predicted octanol–water partition coefficient (Wildman–Crippen LogP) is -0.489. The van der Waals surface area contributed by atoms with Gasteiger partial charge < -0.3 is 20.3 Å². The third kappa shape index (κ3) is 4.37. The number of rotatable bonds is 6. The molecule has 1 rings (SSSR count). The smallest absolute Gasteiger partial charge is 0.320 e. The van der Waals surface area contributed by atoms with Gasteiger partial charge in [-0.3, -0.25) is 9.59 Å². The Morgan fingerprint density at radius 2 is 2.00 bits per heavy atom. The van der Waals surface area contributed by atoms with Crippen molar-refractivity contribution >= 4 is 11.8 Å². The van der Waals surface area contributed by atoms with Crippen LogP contribution in [0.5, 0.6) is 0 Å². The molecule has 1 aliphatic heterocycles. The summed E-state index contributed by atoms with van der Waals surface area (Å²) in [5.74, 6) is -1.33. The Balaban J connectivity index is 2.15. The van der Waals surface area contributed by atoms with Crippen molar-refractivity contribution in [2.45, 2.75) is 31.6 Å². The molecule has 0 aliphatic carbocycles. The Hall–Kier alpha value is -0.980. The quantitative estimate of drug-likeness (QED) is 0.623. The molecule has 0 spiro atoms. The molecule has 1 heterocycles. The number of aliphatic carboxylic acids is 1. The Kier molecular flexibility index (Phi) is 4.67. The van der Waals surface area contributed by atoms with Crippen molar-refractivity contribution < 1.29 is 24.2 Å². The summed E-state index contributed by atoms with van der Waals surface area (Å²) in [6.07, 6.45) is 0.244.